The first-order chi connectivity index (χ1) is 14.0. The number of halogens is 3. The lowest BCUT2D eigenvalue weighted by Gasteiger charge is -2.38. The Morgan fingerprint density at radius 2 is 1.72 bits per heavy atom. The number of hydrogen-bond donors (Lipinski definition) is 0. The van der Waals surface area contributed by atoms with Gasteiger partial charge in [0, 0.05) is 22.6 Å². The van der Waals surface area contributed by atoms with E-state index in [0.29, 0.717) is 15.1 Å². The number of hydrogen-bond acceptors (Lipinski definition) is 3. The minimum Gasteiger partial charge on any atom is -0.464 e. The Morgan fingerprint density at radius 3 is 2.48 bits per heavy atom. The molecule has 0 spiro atoms. The highest BCUT2D eigenvalue weighted by atomic mass is 35.5. The quantitative estimate of drug-likeness (QED) is 0.418. The number of ether oxygens (including phenoxy) is 1. The zero-order chi connectivity index (χ0) is 20.1. The monoisotopic (exact) mass is 442 g/mol. The molecular formula is C23H17Cl3N2O. The summed E-state index contributed by atoms with van der Waals surface area (Å²) in [5.41, 5.74) is 5.30. The van der Waals surface area contributed by atoms with Gasteiger partial charge in [-0.25, -0.2) is 5.01 Å². The van der Waals surface area contributed by atoms with Crippen molar-refractivity contribution in [3.05, 3.63) is 98.0 Å². The number of hydrazone groups is 1. The first kappa shape index (κ1) is 18.8. The van der Waals surface area contributed by atoms with Crippen molar-refractivity contribution in [3.63, 3.8) is 0 Å². The molecule has 3 aromatic carbocycles. The summed E-state index contributed by atoms with van der Waals surface area (Å²) in [6.45, 7) is 2.08. The van der Waals surface area contributed by atoms with Gasteiger partial charge in [-0.15, -0.1) is 0 Å². The van der Waals surface area contributed by atoms with Crippen molar-refractivity contribution in [1.82, 2.24) is 5.01 Å². The number of aryl methyl sites for hydroxylation is 1. The largest absolute Gasteiger partial charge is 0.464 e. The average molecular weight is 444 g/mol. The van der Waals surface area contributed by atoms with Crippen LogP contribution in [0, 0.1) is 6.92 Å². The van der Waals surface area contributed by atoms with Crippen LogP contribution in [0.3, 0.4) is 0 Å². The topological polar surface area (TPSA) is 24.8 Å². The second kappa shape index (κ2) is 7.24. The molecule has 0 unspecified atom stereocenters. The molecular weight excluding hydrogens is 427 g/mol. The van der Waals surface area contributed by atoms with Crippen LogP contribution in [0.1, 0.15) is 40.9 Å². The minimum absolute atomic E-state index is 0.0354. The van der Waals surface area contributed by atoms with Gasteiger partial charge in [-0.1, -0.05) is 70.7 Å². The fraction of sp³-hybridized carbons (Fsp3) is 0.174. The van der Waals surface area contributed by atoms with Gasteiger partial charge in [0.25, 0.3) is 0 Å². The summed E-state index contributed by atoms with van der Waals surface area (Å²) in [6.07, 6.45) is 0.379. The van der Waals surface area contributed by atoms with E-state index in [2.05, 4.69) is 31.2 Å². The van der Waals surface area contributed by atoms with Crippen LogP contribution in [-0.4, -0.2) is 10.7 Å². The van der Waals surface area contributed by atoms with Crippen LogP contribution >= 0.6 is 34.8 Å². The van der Waals surface area contributed by atoms with Gasteiger partial charge in [-0.2, -0.15) is 5.10 Å². The Hall–Kier alpha value is -2.20. The van der Waals surface area contributed by atoms with Gasteiger partial charge in [0.15, 0.2) is 0 Å². The molecule has 0 N–H and O–H groups in total. The first-order valence-corrected chi connectivity index (χ1v) is 10.5. The highest BCUT2D eigenvalue weighted by molar-refractivity contribution is 6.42. The molecule has 6 heteroatoms. The smallest absolute Gasteiger partial charge is 0.213 e. The van der Waals surface area contributed by atoms with Gasteiger partial charge in [0.2, 0.25) is 6.23 Å². The number of rotatable bonds is 2. The van der Waals surface area contributed by atoms with Crippen LogP contribution in [0.5, 0.6) is 5.75 Å². The summed E-state index contributed by atoms with van der Waals surface area (Å²) in [6, 6.07) is 19.8. The van der Waals surface area contributed by atoms with E-state index in [1.54, 1.807) is 6.07 Å². The summed E-state index contributed by atoms with van der Waals surface area (Å²) in [5, 5.41) is 8.65. The third-order valence-electron chi connectivity index (χ3n) is 5.37. The lowest BCUT2D eigenvalue weighted by Crippen LogP contribution is -2.33. The maximum atomic E-state index is 6.34. The van der Waals surface area contributed by atoms with Crippen molar-refractivity contribution in [2.75, 3.05) is 0 Å². The molecule has 2 aliphatic rings. The van der Waals surface area contributed by atoms with E-state index < -0.39 is 6.23 Å². The van der Waals surface area contributed by atoms with Crippen LogP contribution in [0.15, 0.2) is 65.8 Å². The number of benzene rings is 3. The van der Waals surface area contributed by atoms with E-state index in [4.69, 9.17) is 44.6 Å². The molecule has 146 valence electrons. The molecule has 29 heavy (non-hydrogen) atoms. The van der Waals surface area contributed by atoms with Crippen molar-refractivity contribution in [1.29, 1.82) is 0 Å². The number of fused-ring (bicyclic) bond motifs is 3. The molecule has 0 amide bonds. The molecule has 3 nitrogen and oxygen atoms in total. The SMILES string of the molecule is Cc1ccc(C2=NN3[C@H](C2)c2cc(Cl)ccc2O[C@H]3c2ccc(Cl)c(Cl)c2)cc1. The predicted molar refractivity (Wildman–Crippen MR) is 118 cm³/mol. The van der Waals surface area contributed by atoms with Crippen molar-refractivity contribution in [2.45, 2.75) is 25.6 Å². The Labute approximate surface area is 184 Å². The zero-order valence-electron chi connectivity index (χ0n) is 15.6. The van der Waals surface area contributed by atoms with Gasteiger partial charge in [0.1, 0.15) is 5.75 Å². The summed E-state index contributed by atoms with van der Waals surface area (Å²) in [4.78, 5) is 0. The fourth-order valence-electron chi connectivity index (χ4n) is 3.86. The van der Waals surface area contributed by atoms with Gasteiger partial charge in [0.05, 0.1) is 21.8 Å². The molecule has 0 bridgehead atoms. The van der Waals surface area contributed by atoms with E-state index in [0.717, 1.165) is 34.6 Å². The average Bonchev–Trinajstić information content (AvgIpc) is 3.16. The molecule has 2 aliphatic heterocycles. The Balaban J connectivity index is 1.61. The second-order valence-electron chi connectivity index (χ2n) is 7.34. The highest BCUT2D eigenvalue weighted by Crippen LogP contribution is 2.48. The van der Waals surface area contributed by atoms with Crippen LogP contribution in [0.2, 0.25) is 15.1 Å². The summed E-state index contributed by atoms with van der Waals surface area (Å²) < 4.78 is 6.34. The predicted octanol–water partition coefficient (Wildman–Crippen LogP) is 7.20. The van der Waals surface area contributed by atoms with Crippen molar-refractivity contribution in [3.8, 4) is 5.75 Å². The van der Waals surface area contributed by atoms with E-state index in [-0.39, 0.29) is 6.04 Å². The standard InChI is InChI=1S/C23H17Cl3N2O/c1-13-2-4-14(5-3-13)20-12-21-17-11-16(24)7-9-22(17)29-23(28(21)27-20)15-6-8-18(25)19(26)10-15/h2-11,21,23H,12H2,1H3/t21-,23+/m1/s1. The second-order valence-corrected chi connectivity index (χ2v) is 8.59. The summed E-state index contributed by atoms with van der Waals surface area (Å²) in [5.74, 6) is 0.812. The van der Waals surface area contributed by atoms with Crippen molar-refractivity contribution in [2.24, 2.45) is 5.10 Å². The highest BCUT2D eigenvalue weighted by Gasteiger charge is 2.41. The van der Waals surface area contributed by atoms with E-state index in [1.165, 1.54) is 5.56 Å². The van der Waals surface area contributed by atoms with Crippen molar-refractivity contribution >= 4 is 40.5 Å². The van der Waals surface area contributed by atoms with E-state index in [9.17, 15) is 0 Å². The zero-order valence-corrected chi connectivity index (χ0v) is 17.8. The molecule has 5 rings (SSSR count). The maximum Gasteiger partial charge on any atom is 0.213 e. The summed E-state index contributed by atoms with van der Waals surface area (Å²) in [7, 11) is 0. The molecule has 0 saturated heterocycles. The molecule has 0 aliphatic carbocycles. The lowest BCUT2D eigenvalue weighted by molar-refractivity contribution is -0.0190. The van der Waals surface area contributed by atoms with Crippen LogP contribution in [0.25, 0.3) is 0 Å². The fourth-order valence-corrected chi connectivity index (χ4v) is 4.35. The molecule has 2 heterocycles. The van der Waals surface area contributed by atoms with Gasteiger partial charge >= 0.3 is 0 Å². The molecule has 3 aromatic rings. The molecule has 0 radical (unpaired) electrons. The van der Waals surface area contributed by atoms with Gasteiger partial charge in [-0.3, -0.25) is 0 Å². The van der Waals surface area contributed by atoms with Gasteiger partial charge < -0.3 is 4.74 Å². The third-order valence-corrected chi connectivity index (χ3v) is 6.34. The third kappa shape index (κ3) is 3.38. The molecule has 0 fully saturated rings. The van der Waals surface area contributed by atoms with Crippen LogP contribution < -0.4 is 4.74 Å². The normalized spacial score (nSPS) is 20.0. The van der Waals surface area contributed by atoms with Crippen LogP contribution in [0.4, 0.5) is 0 Å². The van der Waals surface area contributed by atoms with Crippen molar-refractivity contribution < 1.29 is 4.74 Å². The first-order valence-electron chi connectivity index (χ1n) is 9.33. The molecule has 2 atom stereocenters. The van der Waals surface area contributed by atoms with E-state index in [1.807, 2.05) is 35.3 Å². The van der Waals surface area contributed by atoms with E-state index >= 15 is 0 Å². The Bertz CT molecular complexity index is 1130. The molecule has 0 aromatic heterocycles. The van der Waals surface area contributed by atoms with Crippen LogP contribution in [-0.2, 0) is 0 Å². The Morgan fingerprint density at radius 1 is 0.931 bits per heavy atom. The number of nitrogens with zero attached hydrogens (tertiary/aromatic N) is 2. The lowest BCUT2D eigenvalue weighted by atomic mass is 9.95. The minimum atomic E-state index is -0.397. The van der Waals surface area contributed by atoms with Gasteiger partial charge in [-0.05, 0) is 42.8 Å². The maximum absolute atomic E-state index is 6.34. The molecule has 0 saturated carbocycles. The summed E-state index contributed by atoms with van der Waals surface area (Å²) >= 11 is 18.7. The Kier molecular flexibility index (Phi) is 4.70.